The monoisotopic (exact) mass is 380 g/mol. The molecular weight excluding hydrogens is 371 g/mol. The van der Waals surface area contributed by atoms with Gasteiger partial charge in [-0.3, -0.25) is 5.43 Å². The standard InChI is InChI=1S/C15H11Cl3N6/c16-10-1-4-12(5-2-10)24-15(21-22-23-24)7-8-19-20-11-3-6-13(17)14(18)9-11/h1-6,8-9,20H,7H2/b19-8+. The number of benzene rings is 2. The molecule has 0 aliphatic heterocycles. The summed E-state index contributed by atoms with van der Waals surface area (Å²) < 4.78 is 1.63. The van der Waals surface area contributed by atoms with E-state index < -0.39 is 0 Å². The van der Waals surface area contributed by atoms with Crippen LogP contribution in [0, 0.1) is 0 Å². The molecule has 0 aliphatic rings. The van der Waals surface area contributed by atoms with Crippen LogP contribution in [0.25, 0.3) is 5.69 Å². The molecule has 0 amide bonds. The van der Waals surface area contributed by atoms with Gasteiger partial charge in [0, 0.05) is 17.7 Å². The number of hydrogen-bond donors (Lipinski definition) is 1. The highest BCUT2D eigenvalue weighted by molar-refractivity contribution is 6.42. The molecule has 1 aromatic heterocycles. The summed E-state index contributed by atoms with van der Waals surface area (Å²) >= 11 is 17.7. The molecule has 0 radical (unpaired) electrons. The summed E-state index contributed by atoms with van der Waals surface area (Å²) in [5.41, 5.74) is 4.43. The van der Waals surface area contributed by atoms with Crippen molar-refractivity contribution in [1.29, 1.82) is 0 Å². The molecule has 9 heteroatoms. The molecule has 0 saturated heterocycles. The highest BCUT2D eigenvalue weighted by atomic mass is 35.5. The third-order valence-electron chi connectivity index (χ3n) is 3.08. The lowest BCUT2D eigenvalue weighted by atomic mass is 10.3. The summed E-state index contributed by atoms with van der Waals surface area (Å²) in [4.78, 5) is 0. The molecule has 122 valence electrons. The van der Waals surface area contributed by atoms with Crippen molar-refractivity contribution in [1.82, 2.24) is 20.2 Å². The van der Waals surface area contributed by atoms with Crippen molar-refractivity contribution in [3.05, 3.63) is 63.4 Å². The second-order valence-corrected chi connectivity index (χ2v) is 5.99. The third kappa shape index (κ3) is 4.03. The Kier molecular flexibility index (Phi) is 5.30. The average Bonchev–Trinajstić information content (AvgIpc) is 3.04. The lowest BCUT2D eigenvalue weighted by Gasteiger charge is -2.03. The minimum absolute atomic E-state index is 0.448. The van der Waals surface area contributed by atoms with Crippen LogP contribution in [0.1, 0.15) is 5.82 Å². The fraction of sp³-hybridized carbons (Fsp3) is 0.0667. The summed E-state index contributed by atoms with van der Waals surface area (Å²) in [7, 11) is 0. The van der Waals surface area contributed by atoms with Gasteiger partial charge in [-0.25, -0.2) is 0 Å². The smallest absolute Gasteiger partial charge is 0.162 e. The SMILES string of the molecule is Clc1ccc(-n2nnnc2C/C=N/Nc2ccc(Cl)c(Cl)c2)cc1. The van der Waals surface area contributed by atoms with Crippen LogP contribution in [-0.2, 0) is 6.42 Å². The Labute approximate surface area is 153 Å². The molecule has 1 heterocycles. The van der Waals surface area contributed by atoms with Crippen LogP contribution in [-0.4, -0.2) is 26.4 Å². The number of rotatable bonds is 5. The number of hydrazone groups is 1. The maximum absolute atomic E-state index is 5.94. The van der Waals surface area contributed by atoms with Crippen LogP contribution in [0.3, 0.4) is 0 Å². The molecule has 0 bridgehead atoms. The van der Waals surface area contributed by atoms with Crippen LogP contribution in [0.2, 0.25) is 15.1 Å². The molecular formula is C15H11Cl3N6. The summed E-state index contributed by atoms with van der Waals surface area (Å²) in [5.74, 6) is 0.650. The molecule has 1 N–H and O–H groups in total. The van der Waals surface area contributed by atoms with Crippen LogP contribution in [0.4, 0.5) is 5.69 Å². The Morgan fingerprint density at radius 1 is 1.04 bits per heavy atom. The first-order valence-corrected chi connectivity index (χ1v) is 8.02. The van der Waals surface area contributed by atoms with E-state index in [1.165, 1.54) is 0 Å². The van der Waals surface area contributed by atoms with Crippen LogP contribution in [0.15, 0.2) is 47.6 Å². The first-order chi connectivity index (χ1) is 11.6. The zero-order chi connectivity index (χ0) is 16.9. The zero-order valence-electron chi connectivity index (χ0n) is 12.2. The number of hydrogen-bond acceptors (Lipinski definition) is 5. The molecule has 0 aliphatic carbocycles. The molecule has 6 nitrogen and oxygen atoms in total. The maximum atomic E-state index is 5.94. The van der Waals surface area contributed by atoms with E-state index in [1.54, 1.807) is 41.2 Å². The van der Waals surface area contributed by atoms with Gasteiger partial charge < -0.3 is 0 Å². The molecule has 0 spiro atoms. The summed E-state index contributed by atoms with van der Waals surface area (Å²) in [6, 6.07) is 12.4. The van der Waals surface area contributed by atoms with Crippen molar-refractivity contribution in [3.8, 4) is 5.69 Å². The largest absolute Gasteiger partial charge is 0.279 e. The van der Waals surface area contributed by atoms with Gasteiger partial charge in [0.05, 0.1) is 21.4 Å². The average molecular weight is 382 g/mol. The van der Waals surface area contributed by atoms with E-state index in [0.717, 1.165) is 11.4 Å². The Hall–Kier alpha value is -2.15. The summed E-state index contributed by atoms with van der Waals surface area (Å²) in [6.45, 7) is 0. The molecule has 0 unspecified atom stereocenters. The minimum Gasteiger partial charge on any atom is -0.279 e. The second-order valence-electron chi connectivity index (χ2n) is 4.74. The van der Waals surface area contributed by atoms with Gasteiger partial charge in [-0.15, -0.1) is 5.10 Å². The van der Waals surface area contributed by atoms with Gasteiger partial charge in [0.25, 0.3) is 0 Å². The molecule has 3 rings (SSSR count). The van der Waals surface area contributed by atoms with E-state index in [4.69, 9.17) is 34.8 Å². The third-order valence-corrected chi connectivity index (χ3v) is 4.07. The Balaban J connectivity index is 1.66. The number of nitrogens with one attached hydrogen (secondary N) is 1. The van der Waals surface area contributed by atoms with Gasteiger partial charge in [-0.05, 0) is 52.9 Å². The van der Waals surface area contributed by atoms with Gasteiger partial charge in [0.15, 0.2) is 5.82 Å². The van der Waals surface area contributed by atoms with Crippen LogP contribution in [0.5, 0.6) is 0 Å². The van der Waals surface area contributed by atoms with E-state index >= 15 is 0 Å². The van der Waals surface area contributed by atoms with E-state index in [0.29, 0.717) is 27.3 Å². The molecule has 0 atom stereocenters. The van der Waals surface area contributed by atoms with Crippen molar-refractivity contribution < 1.29 is 0 Å². The molecule has 2 aromatic carbocycles. The van der Waals surface area contributed by atoms with Gasteiger partial charge in [0.1, 0.15) is 0 Å². The van der Waals surface area contributed by atoms with E-state index in [9.17, 15) is 0 Å². The fourth-order valence-corrected chi connectivity index (χ4v) is 2.35. The second kappa shape index (κ2) is 7.61. The number of halogens is 3. The minimum atomic E-state index is 0.448. The molecule has 3 aromatic rings. The van der Waals surface area contributed by atoms with Gasteiger partial charge in [-0.2, -0.15) is 9.78 Å². The quantitative estimate of drug-likeness (QED) is 0.529. The number of anilines is 1. The van der Waals surface area contributed by atoms with Gasteiger partial charge >= 0.3 is 0 Å². The van der Waals surface area contributed by atoms with E-state index in [1.807, 2.05) is 12.1 Å². The van der Waals surface area contributed by atoms with Crippen molar-refractivity contribution in [3.63, 3.8) is 0 Å². The first-order valence-electron chi connectivity index (χ1n) is 6.89. The normalized spacial score (nSPS) is 11.1. The van der Waals surface area contributed by atoms with Crippen LogP contribution < -0.4 is 5.43 Å². The zero-order valence-corrected chi connectivity index (χ0v) is 14.5. The van der Waals surface area contributed by atoms with Gasteiger partial charge in [-0.1, -0.05) is 34.8 Å². The Bertz CT molecular complexity index is 860. The van der Waals surface area contributed by atoms with Crippen molar-refractivity contribution in [2.24, 2.45) is 5.10 Å². The topological polar surface area (TPSA) is 68.0 Å². The van der Waals surface area contributed by atoms with Crippen molar-refractivity contribution in [2.75, 3.05) is 5.43 Å². The highest BCUT2D eigenvalue weighted by Crippen LogP contribution is 2.24. The van der Waals surface area contributed by atoms with Crippen LogP contribution >= 0.6 is 34.8 Å². The number of tetrazole rings is 1. The summed E-state index contributed by atoms with van der Waals surface area (Å²) in [5, 5.41) is 17.4. The lowest BCUT2D eigenvalue weighted by Crippen LogP contribution is -2.04. The predicted octanol–water partition coefficient (Wildman–Crippen LogP) is 4.26. The van der Waals surface area contributed by atoms with Crippen molar-refractivity contribution >= 4 is 46.7 Å². The number of nitrogens with zero attached hydrogens (tertiary/aromatic N) is 5. The predicted molar refractivity (Wildman–Crippen MR) is 96.4 cm³/mol. The Morgan fingerprint density at radius 2 is 1.83 bits per heavy atom. The molecule has 0 saturated carbocycles. The van der Waals surface area contributed by atoms with E-state index in [-0.39, 0.29) is 0 Å². The van der Waals surface area contributed by atoms with Gasteiger partial charge in [0.2, 0.25) is 0 Å². The van der Waals surface area contributed by atoms with Crippen molar-refractivity contribution in [2.45, 2.75) is 6.42 Å². The fourth-order valence-electron chi connectivity index (χ4n) is 1.93. The molecule has 24 heavy (non-hydrogen) atoms. The first kappa shape index (κ1) is 16.7. The lowest BCUT2D eigenvalue weighted by molar-refractivity contribution is 0.776. The highest BCUT2D eigenvalue weighted by Gasteiger charge is 2.06. The summed E-state index contributed by atoms with van der Waals surface area (Å²) in [6.07, 6.45) is 2.12. The Morgan fingerprint density at radius 3 is 2.58 bits per heavy atom. The molecule has 0 fully saturated rings. The van der Waals surface area contributed by atoms with E-state index in [2.05, 4.69) is 26.1 Å². The maximum Gasteiger partial charge on any atom is 0.162 e. The number of aromatic nitrogens is 4.